The summed E-state index contributed by atoms with van der Waals surface area (Å²) in [7, 11) is 0. The summed E-state index contributed by atoms with van der Waals surface area (Å²) in [6, 6.07) is 1.70. The first kappa shape index (κ1) is 29.3. The van der Waals surface area contributed by atoms with Gasteiger partial charge in [-0.1, -0.05) is 35.5 Å². The van der Waals surface area contributed by atoms with Crippen LogP contribution in [0.4, 0.5) is 24.8 Å². The van der Waals surface area contributed by atoms with E-state index in [-0.39, 0.29) is 16.4 Å². The Balaban J connectivity index is 1.35. The van der Waals surface area contributed by atoms with Crippen molar-refractivity contribution in [2.45, 2.75) is 38.4 Å². The number of aliphatic carboxylic acids is 1. The third-order valence-corrected chi connectivity index (χ3v) is 7.93. The zero-order valence-electron chi connectivity index (χ0n) is 21.0. The molecule has 4 rings (SSSR count). The number of rotatable bonds is 7. The predicted molar refractivity (Wildman–Crippen MR) is 143 cm³/mol. The number of carboxylic acid groups (broad SMARTS) is 1. The van der Waals surface area contributed by atoms with Crippen LogP contribution in [0.2, 0.25) is 5.02 Å². The van der Waals surface area contributed by atoms with E-state index >= 15 is 0 Å². The molecule has 1 fully saturated rings. The fourth-order valence-corrected chi connectivity index (χ4v) is 5.34. The van der Waals surface area contributed by atoms with Crippen molar-refractivity contribution in [1.82, 2.24) is 20.3 Å². The Morgan fingerprint density at radius 3 is 2.52 bits per heavy atom. The highest BCUT2D eigenvalue weighted by Gasteiger charge is 2.34. The molecule has 212 valence electrons. The van der Waals surface area contributed by atoms with Gasteiger partial charge in [-0.05, 0) is 32.3 Å². The van der Waals surface area contributed by atoms with Crippen LogP contribution in [0.5, 0.6) is 0 Å². The van der Waals surface area contributed by atoms with E-state index in [9.17, 15) is 32.7 Å². The minimum absolute atomic E-state index is 0.126. The molecule has 0 radical (unpaired) electrons. The van der Waals surface area contributed by atoms with Gasteiger partial charge in [0.25, 0.3) is 11.8 Å². The molecule has 15 heteroatoms. The van der Waals surface area contributed by atoms with Crippen molar-refractivity contribution < 1.29 is 32.7 Å². The van der Waals surface area contributed by atoms with Crippen molar-refractivity contribution in [3.8, 4) is 0 Å². The van der Waals surface area contributed by atoms with Gasteiger partial charge < -0.3 is 20.6 Å². The number of hydrogen-bond acceptors (Lipinski definition) is 8. The molecule has 0 saturated carbocycles. The van der Waals surface area contributed by atoms with E-state index in [2.05, 4.69) is 25.6 Å². The Labute approximate surface area is 236 Å². The number of anilines is 2. The Morgan fingerprint density at radius 1 is 1.12 bits per heavy atom. The van der Waals surface area contributed by atoms with Gasteiger partial charge in [-0.15, -0.1) is 0 Å². The standard InChI is InChI=1S/C25H24ClF3N6O4S/c1-13(33-22(36)17-10-21(32-12-31-17)35-7-5-14(6-8-35)24(38)39)18-3-2-4-19(40-18)23(37)34-20-9-15(25(27,28)29)16(26)11-30-20/h3-4,9-14H,2,5-8H2,1H3,(H,33,36)(H,38,39)(H,30,34,37)/t13-/m1/s1. The minimum Gasteiger partial charge on any atom is -0.481 e. The van der Waals surface area contributed by atoms with Crippen molar-refractivity contribution >= 4 is 52.8 Å². The molecule has 0 aliphatic carbocycles. The van der Waals surface area contributed by atoms with Gasteiger partial charge in [-0.2, -0.15) is 13.2 Å². The van der Waals surface area contributed by atoms with E-state index in [1.165, 1.54) is 6.33 Å². The number of aromatic nitrogens is 3. The van der Waals surface area contributed by atoms with Gasteiger partial charge in [0.15, 0.2) is 0 Å². The fraction of sp³-hybridized carbons (Fsp3) is 0.360. The van der Waals surface area contributed by atoms with Gasteiger partial charge in [0.2, 0.25) is 0 Å². The quantitative estimate of drug-likeness (QED) is 0.422. The number of amides is 2. The zero-order valence-corrected chi connectivity index (χ0v) is 22.6. The summed E-state index contributed by atoms with van der Waals surface area (Å²) in [5, 5.41) is 13.8. The van der Waals surface area contributed by atoms with Crippen LogP contribution >= 0.6 is 23.4 Å². The van der Waals surface area contributed by atoms with Crippen molar-refractivity contribution in [2.24, 2.45) is 5.92 Å². The molecule has 2 aliphatic heterocycles. The van der Waals surface area contributed by atoms with E-state index < -0.39 is 46.5 Å². The third-order valence-electron chi connectivity index (χ3n) is 6.30. The van der Waals surface area contributed by atoms with Crippen LogP contribution in [0.1, 0.15) is 42.2 Å². The van der Waals surface area contributed by atoms with Crippen molar-refractivity contribution in [3.63, 3.8) is 0 Å². The lowest BCUT2D eigenvalue weighted by Gasteiger charge is -2.31. The van der Waals surface area contributed by atoms with Gasteiger partial charge in [0.05, 0.1) is 27.5 Å². The second-order valence-electron chi connectivity index (χ2n) is 9.07. The Kier molecular flexibility index (Phi) is 8.98. The molecule has 1 saturated heterocycles. The number of piperidine rings is 1. The van der Waals surface area contributed by atoms with E-state index in [0.29, 0.717) is 49.1 Å². The van der Waals surface area contributed by atoms with Crippen LogP contribution in [0, 0.1) is 5.92 Å². The minimum atomic E-state index is -4.70. The first-order valence-electron chi connectivity index (χ1n) is 12.1. The number of hydrogen-bond donors (Lipinski definition) is 3. The van der Waals surface area contributed by atoms with Crippen LogP contribution in [0.15, 0.2) is 46.6 Å². The molecular formula is C25H24ClF3N6O4S. The van der Waals surface area contributed by atoms with Gasteiger partial charge in [0.1, 0.15) is 23.7 Å². The normalized spacial score (nSPS) is 17.0. The highest BCUT2D eigenvalue weighted by molar-refractivity contribution is 8.07. The van der Waals surface area contributed by atoms with Crippen LogP contribution in [0.3, 0.4) is 0 Å². The van der Waals surface area contributed by atoms with Crippen LogP contribution in [-0.4, -0.2) is 57.0 Å². The van der Waals surface area contributed by atoms with E-state index in [1.54, 1.807) is 19.1 Å². The van der Waals surface area contributed by atoms with Crippen molar-refractivity contribution in [3.05, 3.63) is 62.9 Å². The maximum atomic E-state index is 13.1. The molecule has 2 aromatic rings. The third kappa shape index (κ3) is 7.10. The van der Waals surface area contributed by atoms with Crippen molar-refractivity contribution in [2.75, 3.05) is 23.3 Å². The van der Waals surface area contributed by atoms with E-state index in [1.807, 2.05) is 11.0 Å². The molecule has 10 nitrogen and oxygen atoms in total. The van der Waals surface area contributed by atoms with E-state index in [4.69, 9.17) is 11.6 Å². The number of allylic oxidation sites excluding steroid dienone is 2. The molecule has 0 spiro atoms. The van der Waals surface area contributed by atoms with Crippen molar-refractivity contribution in [1.29, 1.82) is 0 Å². The summed E-state index contributed by atoms with van der Waals surface area (Å²) in [5.74, 6) is -2.11. The van der Waals surface area contributed by atoms with Gasteiger partial charge in [-0.25, -0.2) is 15.0 Å². The molecule has 3 N–H and O–H groups in total. The molecule has 0 bridgehead atoms. The van der Waals surface area contributed by atoms with Crippen LogP contribution in [0.25, 0.3) is 0 Å². The lowest BCUT2D eigenvalue weighted by atomic mass is 9.97. The zero-order chi connectivity index (χ0) is 29.0. The predicted octanol–water partition coefficient (Wildman–Crippen LogP) is 4.51. The molecular weight excluding hydrogens is 573 g/mol. The summed E-state index contributed by atoms with van der Waals surface area (Å²) in [4.78, 5) is 51.7. The highest BCUT2D eigenvalue weighted by Crippen LogP contribution is 2.36. The average Bonchev–Trinajstić information content (AvgIpc) is 2.93. The van der Waals surface area contributed by atoms with E-state index in [0.717, 1.165) is 18.0 Å². The number of carbonyl (C=O) groups excluding carboxylic acids is 2. The molecule has 0 aromatic carbocycles. The largest absolute Gasteiger partial charge is 0.481 e. The smallest absolute Gasteiger partial charge is 0.418 e. The Morgan fingerprint density at radius 2 is 1.85 bits per heavy atom. The summed E-state index contributed by atoms with van der Waals surface area (Å²) >= 11 is 6.66. The number of thioether (sulfide) groups is 1. The highest BCUT2D eigenvalue weighted by atomic mass is 35.5. The maximum absolute atomic E-state index is 13.1. The first-order valence-corrected chi connectivity index (χ1v) is 13.3. The topological polar surface area (TPSA) is 137 Å². The number of pyridine rings is 1. The summed E-state index contributed by atoms with van der Waals surface area (Å²) in [6.45, 7) is 2.72. The average molecular weight is 597 g/mol. The molecule has 2 aliphatic rings. The van der Waals surface area contributed by atoms with Gasteiger partial charge in [0, 0.05) is 30.3 Å². The number of nitrogens with one attached hydrogen (secondary N) is 2. The molecule has 2 amide bonds. The lowest BCUT2D eigenvalue weighted by molar-refractivity contribution is -0.142. The van der Waals surface area contributed by atoms with Crippen LogP contribution < -0.4 is 15.5 Å². The number of nitrogens with zero attached hydrogens (tertiary/aromatic N) is 4. The van der Waals surface area contributed by atoms with Gasteiger partial charge in [-0.3, -0.25) is 14.4 Å². The molecule has 40 heavy (non-hydrogen) atoms. The number of carboxylic acids is 1. The maximum Gasteiger partial charge on any atom is 0.418 e. The fourth-order valence-electron chi connectivity index (χ4n) is 4.14. The second kappa shape index (κ2) is 12.3. The molecule has 2 aromatic heterocycles. The number of halogens is 4. The van der Waals surface area contributed by atoms with Crippen LogP contribution in [-0.2, 0) is 15.8 Å². The number of alkyl halides is 3. The molecule has 0 unspecified atom stereocenters. The summed E-state index contributed by atoms with van der Waals surface area (Å²) < 4.78 is 39.4. The first-order chi connectivity index (χ1) is 18.9. The summed E-state index contributed by atoms with van der Waals surface area (Å²) in [5.41, 5.74) is -0.985. The van der Waals surface area contributed by atoms with Gasteiger partial charge >= 0.3 is 12.1 Å². The Hall–Kier alpha value is -3.65. The SMILES string of the molecule is C[C@@H](NC(=O)c1cc(N2CCC(C(=O)O)CC2)ncn1)C1=CCC=C(C(=O)Nc2cc(C(F)(F)F)c(Cl)cn2)S1. The lowest BCUT2D eigenvalue weighted by Crippen LogP contribution is -2.37. The number of carbonyl (C=O) groups is 3. The molecule has 4 heterocycles. The molecule has 1 atom stereocenters. The monoisotopic (exact) mass is 596 g/mol. The Bertz CT molecular complexity index is 1380. The summed E-state index contributed by atoms with van der Waals surface area (Å²) in [6.07, 6.45) is 2.15. The second-order valence-corrected chi connectivity index (χ2v) is 10.6.